The van der Waals surface area contributed by atoms with Gasteiger partial charge in [0.1, 0.15) is 4.21 Å². The number of thiophene rings is 1. The number of hydrogen-bond donors (Lipinski definition) is 1. The smallest absolute Gasteiger partial charge is 0.252 e. The largest absolute Gasteiger partial charge is 0.352 e. The fraction of sp³-hybridized carbons (Fsp3) is 0.522. The van der Waals surface area contributed by atoms with Crippen LogP contribution in [0.15, 0.2) is 40.6 Å². The molecule has 1 fully saturated rings. The number of piperidine rings is 1. The molecule has 0 radical (unpaired) electrons. The summed E-state index contributed by atoms with van der Waals surface area (Å²) >= 11 is 1.20. The van der Waals surface area contributed by atoms with Crippen molar-refractivity contribution < 1.29 is 13.2 Å². The van der Waals surface area contributed by atoms with E-state index in [0.29, 0.717) is 23.8 Å². The standard InChI is InChI=1S/C23H33N3O3S2/c1-3-25(4-2)18-20-10-8-19(9-11-20)17-24-22(27)16-21-12-13-23(30-21)31(28,29)26-14-6-5-7-15-26/h8-13H,3-7,14-18H2,1-2H3,(H,24,27). The van der Waals surface area contributed by atoms with Crippen LogP contribution < -0.4 is 5.32 Å². The molecule has 1 N–H and O–H groups in total. The van der Waals surface area contributed by atoms with Crippen LogP contribution >= 0.6 is 11.3 Å². The number of rotatable bonds is 10. The molecule has 8 heteroatoms. The topological polar surface area (TPSA) is 69.7 Å². The van der Waals surface area contributed by atoms with Crippen LogP contribution in [0.25, 0.3) is 0 Å². The van der Waals surface area contributed by atoms with Gasteiger partial charge in [-0.1, -0.05) is 44.5 Å². The third kappa shape index (κ3) is 6.62. The number of carbonyl (C=O) groups is 1. The third-order valence-corrected chi connectivity index (χ3v) is 9.15. The molecule has 1 aliphatic rings. The number of nitrogens with one attached hydrogen (secondary N) is 1. The first-order valence-corrected chi connectivity index (χ1v) is 13.3. The van der Waals surface area contributed by atoms with Gasteiger partial charge in [0.05, 0.1) is 6.42 Å². The number of nitrogens with zero attached hydrogens (tertiary/aromatic N) is 2. The maximum absolute atomic E-state index is 12.8. The van der Waals surface area contributed by atoms with Crippen LogP contribution in [0.4, 0.5) is 0 Å². The number of carbonyl (C=O) groups excluding carboxylic acids is 1. The summed E-state index contributed by atoms with van der Waals surface area (Å²) in [5.41, 5.74) is 2.32. The van der Waals surface area contributed by atoms with Crippen LogP contribution in [0.5, 0.6) is 0 Å². The maximum Gasteiger partial charge on any atom is 0.252 e. The predicted molar refractivity (Wildman–Crippen MR) is 126 cm³/mol. The van der Waals surface area contributed by atoms with Gasteiger partial charge in [0.2, 0.25) is 5.91 Å². The summed E-state index contributed by atoms with van der Waals surface area (Å²) < 4.78 is 27.4. The fourth-order valence-electron chi connectivity index (χ4n) is 3.71. The lowest BCUT2D eigenvalue weighted by atomic mass is 10.1. The summed E-state index contributed by atoms with van der Waals surface area (Å²) in [6, 6.07) is 11.7. The minimum atomic E-state index is -3.43. The van der Waals surface area contributed by atoms with E-state index in [1.54, 1.807) is 16.4 Å². The molecule has 0 atom stereocenters. The number of amides is 1. The molecular formula is C23H33N3O3S2. The molecule has 2 heterocycles. The van der Waals surface area contributed by atoms with E-state index < -0.39 is 10.0 Å². The van der Waals surface area contributed by atoms with Gasteiger partial charge in [0, 0.05) is 31.1 Å². The van der Waals surface area contributed by atoms with Crippen LogP contribution in [0.2, 0.25) is 0 Å². The van der Waals surface area contributed by atoms with Gasteiger partial charge in [-0.2, -0.15) is 4.31 Å². The SMILES string of the molecule is CCN(CC)Cc1ccc(CNC(=O)Cc2ccc(S(=O)(=O)N3CCCCC3)s2)cc1. The first-order chi connectivity index (χ1) is 14.9. The van der Waals surface area contributed by atoms with E-state index >= 15 is 0 Å². The lowest BCUT2D eigenvalue weighted by Gasteiger charge is -2.25. The average Bonchev–Trinajstić information content (AvgIpc) is 3.26. The molecule has 0 spiro atoms. The van der Waals surface area contributed by atoms with Crippen LogP contribution in [-0.4, -0.2) is 49.7 Å². The molecule has 2 aromatic rings. The number of sulfonamides is 1. The Balaban J connectivity index is 1.50. The van der Waals surface area contributed by atoms with E-state index in [2.05, 4.69) is 36.2 Å². The highest BCUT2D eigenvalue weighted by molar-refractivity contribution is 7.91. The molecule has 1 aromatic carbocycles. The molecule has 1 amide bonds. The van der Waals surface area contributed by atoms with Gasteiger partial charge in [-0.3, -0.25) is 9.69 Å². The molecule has 0 aliphatic carbocycles. The highest BCUT2D eigenvalue weighted by Crippen LogP contribution is 2.27. The van der Waals surface area contributed by atoms with Crippen molar-refractivity contribution in [3.05, 3.63) is 52.4 Å². The van der Waals surface area contributed by atoms with Crippen molar-refractivity contribution in [1.29, 1.82) is 0 Å². The Labute approximate surface area is 190 Å². The van der Waals surface area contributed by atoms with Gasteiger partial charge >= 0.3 is 0 Å². The molecule has 1 aromatic heterocycles. The predicted octanol–water partition coefficient (Wildman–Crippen LogP) is 3.62. The van der Waals surface area contributed by atoms with Gasteiger partial charge in [-0.15, -0.1) is 11.3 Å². The van der Waals surface area contributed by atoms with Crippen LogP contribution in [0, 0.1) is 0 Å². The van der Waals surface area contributed by atoms with Crippen molar-refractivity contribution in [2.45, 2.75) is 56.8 Å². The minimum absolute atomic E-state index is 0.101. The zero-order valence-corrected chi connectivity index (χ0v) is 20.1. The molecule has 0 bridgehead atoms. The Morgan fingerprint density at radius 3 is 2.29 bits per heavy atom. The molecular weight excluding hydrogens is 430 g/mol. The lowest BCUT2D eigenvalue weighted by Crippen LogP contribution is -2.35. The Morgan fingerprint density at radius 2 is 1.65 bits per heavy atom. The van der Waals surface area contributed by atoms with E-state index in [0.717, 1.165) is 49.3 Å². The van der Waals surface area contributed by atoms with Crippen molar-refractivity contribution >= 4 is 27.3 Å². The molecule has 0 unspecified atom stereocenters. The van der Waals surface area contributed by atoms with E-state index in [-0.39, 0.29) is 12.3 Å². The summed E-state index contributed by atoms with van der Waals surface area (Å²) in [6.07, 6.45) is 3.10. The second kappa shape index (κ2) is 11.2. The molecule has 3 rings (SSSR count). The summed E-state index contributed by atoms with van der Waals surface area (Å²) in [5, 5.41) is 2.94. The Hall–Kier alpha value is -1.74. The number of hydrogen-bond acceptors (Lipinski definition) is 5. The first kappa shape index (κ1) is 23.9. The minimum Gasteiger partial charge on any atom is -0.352 e. The van der Waals surface area contributed by atoms with Crippen molar-refractivity contribution in [3.63, 3.8) is 0 Å². The van der Waals surface area contributed by atoms with E-state index in [9.17, 15) is 13.2 Å². The first-order valence-electron chi connectivity index (χ1n) is 11.1. The summed E-state index contributed by atoms with van der Waals surface area (Å²) in [7, 11) is -3.43. The summed E-state index contributed by atoms with van der Waals surface area (Å²) in [5.74, 6) is -0.101. The third-order valence-electron chi connectivity index (χ3n) is 5.69. The van der Waals surface area contributed by atoms with Crippen LogP contribution in [0.3, 0.4) is 0 Å². The second-order valence-corrected chi connectivity index (χ2v) is 11.2. The molecule has 170 valence electrons. The van der Waals surface area contributed by atoms with E-state index in [1.165, 1.54) is 16.9 Å². The fourth-order valence-corrected chi connectivity index (χ4v) is 6.74. The molecule has 1 aliphatic heterocycles. The Bertz CT molecular complexity index is 945. The zero-order valence-electron chi connectivity index (χ0n) is 18.5. The van der Waals surface area contributed by atoms with Gasteiger partial charge in [-0.25, -0.2) is 8.42 Å². The van der Waals surface area contributed by atoms with Crippen molar-refractivity contribution in [2.24, 2.45) is 0 Å². The van der Waals surface area contributed by atoms with Crippen molar-refractivity contribution in [3.8, 4) is 0 Å². The maximum atomic E-state index is 12.8. The Morgan fingerprint density at radius 1 is 1.00 bits per heavy atom. The summed E-state index contributed by atoms with van der Waals surface area (Å²) in [6.45, 7) is 8.94. The number of benzene rings is 1. The van der Waals surface area contributed by atoms with Crippen molar-refractivity contribution in [2.75, 3.05) is 26.2 Å². The Kier molecular flexibility index (Phi) is 8.66. The molecule has 31 heavy (non-hydrogen) atoms. The quantitative estimate of drug-likeness (QED) is 0.584. The van der Waals surface area contributed by atoms with E-state index in [4.69, 9.17) is 0 Å². The molecule has 0 saturated carbocycles. The van der Waals surface area contributed by atoms with Crippen molar-refractivity contribution in [1.82, 2.24) is 14.5 Å². The van der Waals surface area contributed by atoms with E-state index in [1.807, 2.05) is 12.1 Å². The normalized spacial score (nSPS) is 15.3. The van der Waals surface area contributed by atoms with Gasteiger partial charge < -0.3 is 5.32 Å². The summed E-state index contributed by atoms with van der Waals surface area (Å²) in [4.78, 5) is 15.5. The van der Waals surface area contributed by atoms with Gasteiger partial charge in [0.15, 0.2) is 0 Å². The highest BCUT2D eigenvalue weighted by atomic mass is 32.2. The second-order valence-electron chi connectivity index (χ2n) is 7.92. The molecule has 6 nitrogen and oxygen atoms in total. The molecule has 1 saturated heterocycles. The van der Waals surface area contributed by atoms with Gasteiger partial charge in [-0.05, 0) is 49.2 Å². The lowest BCUT2D eigenvalue weighted by molar-refractivity contribution is -0.120. The average molecular weight is 464 g/mol. The monoisotopic (exact) mass is 463 g/mol. The highest BCUT2D eigenvalue weighted by Gasteiger charge is 2.27. The van der Waals surface area contributed by atoms with Crippen LogP contribution in [-0.2, 0) is 34.3 Å². The van der Waals surface area contributed by atoms with Crippen LogP contribution in [0.1, 0.15) is 49.1 Å². The van der Waals surface area contributed by atoms with Gasteiger partial charge in [0.25, 0.3) is 10.0 Å². The zero-order chi connectivity index (χ0) is 22.3.